The molecule has 4 rings (SSSR count). The third-order valence-electron chi connectivity index (χ3n) is 3.83. The van der Waals surface area contributed by atoms with Gasteiger partial charge < -0.3 is 5.43 Å². The molecule has 0 spiro atoms. The van der Waals surface area contributed by atoms with Gasteiger partial charge in [0.25, 0.3) is 0 Å². The number of hydrogen-bond donors (Lipinski definition) is 1. The number of aromatic nitrogens is 2. The van der Waals surface area contributed by atoms with Crippen LogP contribution in [0.4, 0.5) is 0 Å². The van der Waals surface area contributed by atoms with Gasteiger partial charge in [-0.05, 0) is 35.4 Å². The van der Waals surface area contributed by atoms with Gasteiger partial charge in [0.15, 0.2) is 0 Å². The Morgan fingerprint density at radius 3 is 2.55 bits per heavy atom. The molecule has 4 nitrogen and oxygen atoms in total. The molecule has 0 saturated carbocycles. The number of fused-ring (bicyclic) bond motifs is 1. The molecule has 0 radical (unpaired) electrons. The van der Waals surface area contributed by atoms with Crippen LogP contribution in [0.1, 0.15) is 23.6 Å². The molecule has 0 aliphatic carbocycles. The standard InChI is InChI=1S/C17H13ClN4/c18-13-4-1-11(2-5-13)15-10-16(22-21-15)12-3-6-14-17(9-12)20-8-7-19-14/h1-9,16,22H,10H2. The van der Waals surface area contributed by atoms with Gasteiger partial charge in [-0.25, -0.2) is 0 Å². The highest BCUT2D eigenvalue weighted by Crippen LogP contribution is 2.26. The van der Waals surface area contributed by atoms with E-state index in [1.807, 2.05) is 30.3 Å². The van der Waals surface area contributed by atoms with Crippen LogP contribution in [0.3, 0.4) is 0 Å². The van der Waals surface area contributed by atoms with E-state index in [2.05, 4.69) is 32.6 Å². The second-order valence-electron chi connectivity index (χ2n) is 5.26. The van der Waals surface area contributed by atoms with Crippen molar-refractivity contribution in [3.8, 4) is 0 Å². The maximum absolute atomic E-state index is 5.93. The molecule has 1 atom stereocenters. The first kappa shape index (κ1) is 13.2. The van der Waals surface area contributed by atoms with Crippen molar-refractivity contribution < 1.29 is 0 Å². The average Bonchev–Trinajstić information content (AvgIpc) is 3.05. The van der Waals surface area contributed by atoms with Gasteiger partial charge in [0.2, 0.25) is 0 Å². The van der Waals surface area contributed by atoms with Crippen molar-refractivity contribution in [2.75, 3.05) is 0 Å². The molecular formula is C17H13ClN4. The highest BCUT2D eigenvalue weighted by molar-refractivity contribution is 6.30. The highest BCUT2D eigenvalue weighted by Gasteiger charge is 2.21. The largest absolute Gasteiger partial charge is 0.302 e. The predicted molar refractivity (Wildman–Crippen MR) is 88.0 cm³/mol. The third kappa shape index (κ3) is 2.42. The molecule has 0 amide bonds. The summed E-state index contributed by atoms with van der Waals surface area (Å²) in [6.45, 7) is 0. The maximum Gasteiger partial charge on any atom is 0.0890 e. The van der Waals surface area contributed by atoms with Crippen LogP contribution < -0.4 is 5.43 Å². The summed E-state index contributed by atoms with van der Waals surface area (Å²) < 4.78 is 0. The summed E-state index contributed by atoms with van der Waals surface area (Å²) in [6, 6.07) is 14.1. The van der Waals surface area contributed by atoms with Gasteiger partial charge in [-0.1, -0.05) is 29.8 Å². The zero-order valence-electron chi connectivity index (χ0n) is 11.7. The smallest absolute Gasteiger partial charge is 0.0890 e. The van der Waals surface area contributed by atoms with Crippen LogP contribution in [0.5, 0.6) is 0 Å². The van der Waals surface area contributed by atoms with Crippen LogP contribution in [0.15, 0.2) is 60.0 Å². The molecule has 2 aromatic carbocycles. The lowest BCUT2D eigenvalue weighted by Crippen LogP contribution is -2.10. The van der Waals surface area contributed by atoms with E-state index in [1.165, 1.54) is 5.56 Å². The monoisotopic (exact) mass is 308 g/mol. The first-order valence-corrected chi connectivity index (χ1v) is 7.46. The Labute approximate surface area is 132 Å². The van der Waals surface area contributed by atoms with E-state index >= 15 is 0 Å². The molecule has 1 aromatic heterocycles. The molecule has 2 heterocycles. The van der Waals surface area contributed by atoms with E-state index in [9.17, 15) is 0 Å². The molecule has 1 aliphatic heterocycles. The minimum atomic E-state index is 0.164. The fourth-order valence-corrected chi connectivity index (χ4v) is 2.78. The van der Waals surface area contributed by atoms with E-state index in [0.717, 1.165) is 33.8 Å². The van der Waals surface area contributed by atoms with Crippen LogP contribution in [0.25, 0.3) is 11.0 Å². The fourth-order valence-electron chi connectivity index (χ4n) is 2.65. The van der Waals surface area contributed by atoms with Crippen LogP contribution in [-0.4, -0.2) is 15.7 Å². The lowest BCUT2D eigenvalue weighted by Gasteiger charge is -2.10. The van der Waals surface area contributed by atoms with Crippen molar-refractivity contribution in [3.63, 3.8) is 0 Å². The van der Waals surface area contributed by atoms with Crippen molar-refractivity contribution in [2.45, 2.75) is 12.5 Å². The number of rotatable bonds is 2. The molecular weight excluding hydrogens is 296 g/mol. The lowest BCUT2D eigenvalue weighted by atomic mass is 9.99. The van der Waals surface area contributed by atoms with Crippen molar-refractivity contribution in [1.82, 2.24) is 15.4 Å². The van der Waals surface area contributed by atoms with Crippen molar-refractivity contribution >= 4 is 28.3 Å². The summed E-state index contributed by atoms with van der Waals surface area (Å²) in [6.07, 6.45) is 4.26. The van der Waals surface area contributed by atoms with Crippen molar-refractivity contribution in [2.24, 2.45) is 5.10 Å². The van der Waals surface area contributed by atoms with Gasteiger partial charge in [0.1, 0.15) is 0 Å². The predicted octanol–water partition coefficient (Wildman–Crippen LogP) is 3.72. The number of halogens is 1. The lowest BCUT2D eigenvalue weighted by molar-refractivity contribution is 0.620. The quantitative estimate of drug-likeness (QED) is 0.785. The Hall–Kier alpha value is -2.46. The van der Waals surface area contributed by atoms with Crippen LogP contribution in [0, 0.1) is 0 Å². The zero-order valence-corrected chi connectivity index (χ0v) is 12.5. The molecule has 0 bridgehead atoms. The second kappa shape index (κ2) is 5.39. The van der Waals surface area contributed by atoms with Crippen molar-refractivity contribution in [1.29, 1.82) is 0 Å². The molecule has 1 unspecified atom stereocenters. The van der Waals surface area contributed by atoms with Gasteiger partial charge >= 0.3 is 0 Å². The number of hydrogen-bond acceptors (Lipinski definition) is 4. The number of benzene rings is 2. The second-order valence-corrected chi connectivity index (χ2v) is 5.69. The van der Waals surface area contributed by atoms with Gasteiger partial charge in [0, 0.05) is 23.8 Å². The van der Waals surface area contributed by atoms with E-state index in [1.54, 1.807) is 12.4 Å². The van der Waals surface area contributed by atoms with Gasteiger partial charge in [0.05, 0.1) is 22.8 Å². The number of nitrogens with one attached hydrogen (secondary N) is 1. The maximum atomic E-state index is 5.93. The van der Waals surface area contributed by atoms with Crippen molar-refractivity contribution in [3.05, 3.63) is 71.0 Å². The summed E-state index contributed by atoms with van der Waals surface area (Å²) in [7, 11) is 0. The number of hydrazone groups is 1. The van der Waals surface area contributed by atoms with Crippen LogP contribution >= 0.6 is 11.6 Å². The van der Waals surface area contributed by atoms with Gasteiger partial charge in [-0.15, -0.1) is 0 Å². The van der Waals surface area contributed by atoms with Gasteiger partial charge in [-0.3, -0.25) is 9.97 Å². The average molecular weight is 309 g/mol. The Bertz CT molecular complexity index is 858. The molecule has 0 fully saturated rings. The topological polar surface area (TPSA) is 50.2 Å². The SMILES string of the molecule is Clc1ccc(C2=NNC(c3ccc4nccnc4c3)C2)cc1. The van der Waals surface area contributed by atoms with Gasteiger partial charge in [-0.2, -0.15) is 5.10 Å². The highest BCUT2D eigenvalue weighted by atomic mass is 35.5. The summed E-state index contributed by atoms with van der Waals surface area (Å²) in [4.78, 5) is 8.65. The Balaban J connectivity index is 1.58. The Kier molecular flexibility index (Phi) is 3.24. The Morgan fingerprint density at radius 2 is 1.73 bits per heavy atom. The molecule has 1 N–H and O–H groups in total. The number of nitrogens with zero attached hydrogens (tertiary/aromatic N) is 3. The van der Waals surface area contributed by atoms with E-state index in [0.29, 0.717) is 0 Å². The first-order chi connectivity index (χ1) is 10.8. The molecule has 108 valence electrons. The minimum absolute atomic E-state index is 0.164. The molecule has 1 aliphatic rings. The Morgan fingerprint density at radius 1 is 0.955 bits per heavy atom. The molecule has 0 saturated heterocycles. The minimum Gasteiger partial charge on any atom is -0.302 e. The van der Waals surface area contributed by atoms with Crippen LogP contribution in [-0.2, 0) is 0 Å². The fraction of sp³-hybridized carbons (Fsp3) is 0.118. The third-order valence-corrected chi connectivity index (χ3v) is 4.08. The molecule has 22 heavy (non-hydrogen) atoms. The summed E-state index contributed by atoms with van der Waals surface area (Å²) in [5.74, 6) is 0. The van der Waals surface area contributed by atoms with E-state index in [-0.39, 0.29) is 6.04 Å². The van der Waals surface area contributed by atoms with E-state index in [4.69, 9.17) is 11.6 Å². The molecule has 5 heteroatoms. The van der Waals surface area contributed by atoms with Crippen LogP contribution in [0.2, 0.25) is 5.02 Å². The normalized spacial score (nSPS) is 17.3. The summed E-state index contributed by atoms with van der Waals surface area (Å²) in [5.41, 5.74) is 8.32. The summed E-state index contributed by atoms with van der Waals surface area (Å²) >= 11 is 5.93. The zero-order chi connectivity index (χ0) is 14.9. The first-order valence-electron chi connectivity index (χ1n) is 7.08. The molecule has 3 aromatic rings. The summed E-state index contributed by atoms with van der Waals surface area (Å²) in [5, 5.41) is 5.20. The van der Waals surface area contributed by atoms with E-state index < -0.39 is 0 Å².